The fourth-order valence-electron chi connectivity index (χ4n) is 2.62. The topological polar surface area (TPSA) is 44.8 Å². The lowest BCUT2D eigenvalue weighted by molar-refractivity contribution is 0.00578. The number of hydrogen-bond donors (Lipinski definition) is 0. The smallest absolute Gasteiger partial charge is 0.457 e. The molecule has 3 rings (SSSR count). The second-order valence-electron chi connectivity index (χ2n) is 7.39. The molecule has 0 saturated carbocycles. The van der Waals surface area contributed by atoms with E-state index < -0.39 is 30.1 Å². The van der Waals surface area contributed by atoms with Gasteiger partial charge in [-0.3, -0.25) is 0 Å². The van der Waals surface area contributed by atoms with Gasteiger partial charge in [-0.15, -0.1) is 0 Å². The van der Waals surface area contributed by atoms with Crippen LogP contribution < -0.4 is 5.46 Å². The molecule has 1 fully saturated rings. The van der Waals surface area contributed by atoms with Crippen molar-refractivity contribution < 1.29 is 23.2 Å². The van der Waals surface area contributed by atoms with Gasteiger partial charge in [-0.2, -0.15) is 0 Å². The fraction of sp³-hybridized carbons (Fsp3) is 0.350. The lowest BCUT2D eigenvalue weighted by atomic mass is 9.78. The molecule has 0 aliphatic carbocycles. The van der Waals surface area contributed by atoms with Gasteiger partial charge in [0, 0.05) is 5.46 Å². The van der Waals surface area contributed by atoms with Crippen LogP contribution in [0.5, 0.6) is 0 Å². The number of ether oxygens (including phenoxy) is 1. The maximum atomic E-state index is 14.6. The Bertz CT molecular complexity index is 789. The normalized spacial score (nSPS) is 18.0. The zero-order valence-electron chi connectivity index (χ0n) is 15.4. The van der Waals surface area contributed by atoms with E-state index in [4.69, 9.17) is 14.0 Å². The summed E-state index contributed by atoms with van der Waals surface area (Å²) in [6.45, 7) is 7.75. The van der Waals surface area contributed by atoms with Crippen LogP contribution in [0.2, 0.25) is 0 Å². The van der Waals surface area contributed by atoms with Crippen LogP contribution in [-0.2, 0) is 20.7 Å². The average Bonchev–Trinajstić information content (AvgIpc) is 2.81. The first-order chi connectivity index (χ1) is 12.2. The Hall–Kier alpha value is -2.18. The number of rotatable bonds is 4. The quantitative estimate of drug-likeness (QED) is 0.622. The van der Waals surface area contributed by atoms with E-state index in [2.05, 4.69) is 0 Å². The molecule has 6 heteroatoms. The average molecular weight is 356 g/mol. The van der Waals surface area contributed by atoms with Gasteiger partial charge in [0.25, 0.3) is 0 Å². The summed E-state index contributed by atoms with van der Waals surface area (Å²) in [4.78, 5) is 12.2. The second kappa shape index (κ2) is 6.85. The number of carbonyl (C=O) groups excluding carboxylic acids is 1. The van der Waals surface area contributed by atoms with Crippen molar-refractivity contribution in [1.82, 2.24) is 0 Å². The molecular formula is C20H22BFO4. The molecule has 2 aromatic rings. The zero-order valence-corrected chi connectivity index (χ0v) is 15.4. The highest BCUT2D eigenvalue weighted by Gasteiger charge is 2.52. The summed E-state index contributed by atoms with van der Waals surface area (Å²) in [5, 5.41) is 0. The minimum atomic E-state index is -0.811. The second-order valence-corrected chi connectivity index (χ2v) is 7.39. The highest BCUT2D eigenvalue weighted by Crippen LogP contribution is 2.36. The minimum absolute atomic E-state index is 0.139. The van der Waals surface area contributed by atoms with Crippen molar-refractivity contribution in [3.8, 4) is 0 Å². The van der Waals surface area contributed by atoms with Gasteiger partial charge < -0.3 is 14.0 Å². The van der Waals surface area contributed by atoms with Crippen LogP contribution in [-0.4, -0.2) is 24.3 Å². The molecule has 4 nitrogen and oxygen atoms in total. The number of carbonyl (C=O) groups is 1. The molecule has 1 aliphatic heterocycles. The number of benzene rings is 2. The Kier molecular flexibility index (Phi) is 4.91. The fourth-order valence-corrected chi connectivity index (χ4v) is 2.62. The van der Waals surface area contributed by atoms with Crippen LogP contribution in [0.1, 0.15) is 43.6 Å². The van der Waals surface area contributed by atoms with E-state index in [1.165, 1.54) is 12.1 Å². The predicted molar refractivity (Wildman–Crippen MR) is 97.7 cm³/mol. The molecule has 0 bridgehead atoms. The Morgan fingerprint density at radius 3 is 2.23 bits per heavy atom. The van der Waals surface area contributed by atoms with Crippen molar-refractivity contribution in [3.63, 3.8) is 0 Å². The lowest BCUT2D eigenvalue weighted by Gasteiger charge is -2.32. The third-order valence-electron chi connectivity index (χ3n) is 4.96. The van der Waals surface area contributed by atoms with E-state index >= 15 is 0 Å². The molecule has 1 saturated heterocycles. The van der Waals surface area contributed by atoms with Crippen LogP contribution in [0.4, 0.5) is 4.39 Å². The summed E-state index contributed by atoms with van der Waals surface area (Å²) in [5.74, 6) is -1.13. The zero-order chi connectivity index (χ0) is 18.9. The molecule has 26 heavy (non-hydrogen) atoms. The number of halogens is 1. The first-order valence-corrected chi connectivity index (χ1v) is 8.56. The first kappa shape index (κ1) is 18.6. The van der Waals surface area contributed by atoms with Crippen molar-refractivity contribution in [2.24, 2.45) is 0 Å². The highest BCUT2D eigenvalue weighted by atomic mass is 19.1. The molecule has 0 N–H and O–H groups in total. The minimum Gasteiger partial charge on any atom is -0.457 e. The van der Waals surface area contributed by atoms with Crippen molar-refractivity contribution in [2.45, 2.75) is 45.5 Å². The van der Waals surface area contributed by atoms with Crippen molar-refractivity contribution >= 4 is 18.6 Å². The molecule has 0 aromatic heterocycles. The Morgan fingerprint density at radius 2 is 1.65 bits per heavy atom. The predicted octanol–water partition coefficient (Wildman–Crippen LogP) is 3.48. The molecule has 136 valence electrons. The van der Waals surface area contributed by atoms with Crippen molar-refractivity contribution in [1.29, 1.82) is 0 Å². The third kappa shape index (κ3) is 3.66. The monoisotopic (exact) mass is 356 g/mol. The van der Waals surface area contributed by atoms with Crippen LogP contribution in [0, 0.1) is 5.82 Å². The molecule has 0 amide bonds. The number of hydrogen-bond acceptors (Lipinski definition) is 4. The highest BCUT2D eigenvalue weighted by molar-refractivity contribution is 6.62. The maximum absolute atomic E-state index is 14.6. The first-order valence-electron chi connectivity index (χ1n) is 8.56. The van der Waals surface area contributed by atoms with Crippen molar-refractivity contribution in [3.05, 3.63) is 65.5 Å². The van der Waals surface area contributed by atoms with Crippen molar-refractivity contribution in [2.75, 3.05) is 0 Å². The molecule has 0 radical (unpaired) electrons. The summed E-state index contributed by atoms with van der Waals surface area (Å²) in [7, 11) is -0.811. The van der Waals surface area contributed by atoms with E-state index in [1.54, 1.807) is 0 Å². The third-order valence-corrected chi connectivity index (χ3v) is 4.96. The largest absolute Gasteiger partial charge is 0.497 e. The van der Waals surface area contributed by atoms with Crippen LogP contribution >= 0.6 is 0 Å². The van der Waals surface area contributed by atoms with E-state index in [0.29, 0.717) is 0 Å². The molecular weight excluding hydrogens is 334 g/mol. The van der Waals surface area contributed by atoms with E-state index in [-0.39, 0.29) is 17.6 Å². The van der Waals surface area contributed by atoms with Gasteiger partial charge in [-0.25, -0.2) is 9.18 Å². The van der Waals surface area contributed by atoms with Crippen LogP contribution in [0.3, 0.4) is 0 Å². The van der Waals surface area contributed by atoms with E-state index in [1.807, 2.05) is 58.0 Å². The molecule has 0 unspecified atom stereocenters. The molecule has 1 aliphatic rings. The SMILES string of the molecule is CC1(C)OB(c2ccc(C(=O)OCc3ccccc3)cc2F)OC1(C)C. The summed E-state index contributed by atoms with van der Waals surface area (Å²) < 4.78 is 31.5. The van der Waals surface area contributed by atoms with Crippen LogP contribution in [0.25, 0.3) is 0 Å². The molecule has 2 aromatic carbocycles. The van der Waals surface area contributed by atoms with E-state index in [9.17, 15) is 9.18 Å². The van der Waals surface area contributed by atoms with Gasteiger partial charge in [0.2, 0.25) is 0 Å². The number of esters is 1. The van der Waals surface area contributed by atoms with Gasteiger partial charge in [0.15, 0.2) is 0 Å². The lowest BCUT2D eigenvalue weighted by Crippen LogP contribution is -2.41. The van der Waals surface area contributed by atoms with Gasteiger partial charge in [-0.1, -0.05) is 36.4 Å². The molecule has 0 spiro atoms. The maximum Gasteiger partial charge on any atom is 0.497 e. The summed E-state index contributed by atoms with van der Waals surface area (Å²) in [6, 6.07) is 13.5. The summed E-state index contributed by atoms with van der Waals surface area (Å²) >= 11 is 0. The summed E-state index contributed by atoms with van der Waals surface area (Å²) in [5.41, 5.74) is 0.173. The summed E-state index contributed by atoms with van der Waals surface area (Å²) in [6.07, 6.45) is 0. The standard InChI is InChI=1S/C20H22BFO4/c1-19(2)20(3,4)26-21(25-19)16-11-10-15(12-17(16)22)18(23)24-13-14-8-6-5-7-9-14/h5-12H,13H2,1-4H3. The van der Waals surface area contributed by atoms with Gasteiger partial charge in [0.1, 0.15) is 12.4 Å². The Labute approximate surface area is 153 Å². The Balaban J connectivity index is 1.71. The Morgan fingerprint density at radius 1 is 1.04 bits per heavy atom. The van der Waals surface area contributed by atoms with E-state index in [0.717, 1.165) is 11.6 Å². The molecule has 0 atom stereocenters. The van der Waals surface area contributed by atoms with Gasteiger partial charge >= 0.3 is 13.1 Å². The molecule has 1 heterocycles. The van der Waals surface area contributed by atoms with Gasteiger partial charge in [0.05, 0.1) is 16.8 Å². The van der Waals surface area contributed by atoms with Gasteiger partial charge in [-0.05, 0) is 45.4 Å². The van der Waals surface area contributed by atoms with Crippen LogP contribution in [0.15, 0.2) is 48.5 Å².